The zero-order chi connectivity index (χ0) is 17.0. The molecule has 0 radical (unpaired) electrons. The number of halogens is 1. The standard InChI is InChI=1S/C21H37ClO/c1-4-5-6-7-8-9-10-11-12-13-16-21(18-22)17-14-15-20(23-3)19(21)2/h14-15,17,19H,4-13,16,18H2,1-3H3. The Morgan fingerprint density at radius 3 is 2.09 bits per heavy atom. The number of hydrogen-bond acceptors (Lipinski definition) is 1. The quantitative estimate of drug-likeness (QED) is 0.253. The minimum Gasteiger partial charge on any atom is -0.501 e. The largest absolute Gasteiger partial charge is 0.501 e. The van der Waals surface area contributed by atoms with E-state index in [1.165, 1.54) is 70.6 Å². The van der Waals surface area contributed by atoms with Gasteiger partial charge in [-0.15, -0.1) is 11.6 Å². The second kappa shape index (κ2) is 12.0. The van der Waals surface area contributed by atoms with Gasteiger partial charge in [0.25, 0.3) is 0 Å². The second-order valence-electron chi connectivity index (χ2n) is 7.15. The SMILES string of the molecule is CCCCCCCCCCCCC1(CCl)C=CC=C(OC)C1C. The summed E-state index contributed by atoms with van der Waals surface area (Å²) in [6, 6.07) is 0. The monoisotopic (exact) mass is 340 g/mol. The van der Waals surface area contributed by atoms with Crippen LogP contribution in [0.25, 0.3) is 0 Å². The summed E-state index contributed by atoms with van der Waals surface area (Å²) in [6.45, 7) is 4.53. The Morgan fingerprint density at radius 1 is 1.00 bits per heavy atom. The predicted molar refractivity (Wildman–Crippen MR) is 103 cm³/mol. The van der Waals surface area contributed by atoms with Gasteiger partial charge < -0.3 is 4.74 Å². The fraction of sp³-hybridized carbons (Fsp3) is 0.810. The highest BCUT2D eigenvalue weighted by atomic mass is 35.5. The fourth-order valence-corrected chi connectivity index (χ4v) is 4.07. The summed E-state index contributed by atoms with van der Waals surface area (Å²) in [7, 11) is 1.76. The number of ether oxygens (including phenoxy) is 1. The molecule has 0 amide bonds. The van der Waals surface area contributed by atoms with Gasteiger partial charge in [0.2, 0.25) is 0 Å². The lowest BCUT2D eigenvalue weighted by molar-refractivity contribution is 0.170. The maximum atomic E-state index is 6.34. The van der Waals surface area contributed by atoms with E-state index in [1.54, 1.807) is 7.11 Å². The predicted octanol–water partition coefficient (Wildman–Crippen LogP) is 7.26. The molecule has 0 bridgehead atoms. The molecule has 0 heterocycles. The van der Waals surface area contributed by atoms with Crippen molar-refractivity contribution in [3.05, 3.63) is 24.0 Å². The molecular formula is C21H37ClO. The normalized spacial score (nSPS) is 23.8. The highest BCUT2D eigenvalue weighted by molar-refractivity contribution is 6.18. The van der Waals surface area contributed by atoms with Gasteiger partial charge in [0, 0.05) is 17.2 Å². The fourth-order valence-electron chi connectivity index (χ4n) is 3.62. The van der Waals surface area contributed by atoms with Crippen molar-refractivity contribution in [3.63, 3.8) is 0 Å². The number of rotatable bonds is 13. The third kappa shape index (κ3) is 6.91. The van der Waals surface area contributed by atoms with E-state index < -0.39 is 0 Å². The summed E-state index contributed by atoms with van der Waals surface area (Å²) in [4.78, 5) is 0. The Balaban J connectivity index is 2.16. The number of unbranched alkanes of at least 4 members (excludes halogenated alkanes) is 9. The average molecular weight is 341 g/mol. The van der Waals surface area contributed by atoms with Crippen LogP contribution in [0.3, 0.4) is 0 Å². The highest BCUT2D eigenvalue weighted by Crippen LogP contribution is 2.43. The lowest BCUT2D eigenvalue weighted by atomic mass is 9.71. The lowest BCUT2D eigenvalue weighted by Gasteiger charge is -2.37. The van der Waals surface area contributed by atoms with Gasteiger partial charge in [0.05, 0.1) is 12.9 Å². The molecule has 1 rings (SSSR count). The topological polar surface area (TPSA) is 9.23 Å². The first-order chi connectivity index (χ1) is 11.2. The van der Waals surface area contributed by atoms with Crippen LogP contribution in [0.1, 0.15) is 84.5 Å². The molecule has 0 aliphatic heterocycles. The van der Waals surface area contributed by atoms with Crippen LogP contribution < -0.4 is 0 Å². The Labute approximate surface area is 149 Å². The van der Waals surface area contributed by atoms with Crippen LogP contribution in [0.5, 0.6) is 0 Å². The molecule has 1 aliphatic rings. The molecular weight excluding hydrogens is 304 g/mol. The molecule has 1 nitrogen and oxygen atoms in total. The van der Waals surface area contributed by atoms with Crippen LogP contribution in [0.2, 0.25) is 0 Å². The van der Waals surface area contributed by atoms with Gasteiger partial charge in [-0.1, -0.05) is 90.2 Å². The molecule has 1 aliphatic carbocycles. The first-order valence-electron chi connectivity index (χ1n) is 9.69. The Morgan fingerprint density at radius 2 is 1.57 bits per heavy atom. The molecule has 0 aromatic rings. The van der Waals surface area contributed by atoms with Crippen LogP contribution in [-0.2, 0) is 4.74 Å². The van der Waals surface area contributed by atoms with Crippen LogP contribution >= 0.6 is 11.6 Å². The van der Waals surface area contributed by atoms with E-state index in [2.05, 4.69) is 32.1 Å². The van der Waals surface area contributed by atoms with Gasteiger partial charge in [0.1, 0.15) is 0 Å². The molecule has 2 heteroatoms. The zero-order valence-corrected chi connectivity index (χ0v) is 16.3. The van der Waals surface area contributed by atoms with Crippen molar-refractivity contribution < 1.29 is 4.74 Å². The van der Waals surface area contributed by atoms with Gasteiger partial charge in [-0.3, -0.25) is 0 Å². The van der Waals surface area contributed by atoms with Crippen LogP contribution in [-0.4, -0.2) is 13.0 Å². The van der Waals surface area contributed by atoms with Gasteiger partial charge >= 0.3 is 0 Å². The summed E-state index contributed by atoms with van der Waals surface area (Å²) in [5, 5.41) is 0. The van der Waals surface area contributed by atoms with E-state index in [1.807, 2.05) is 0 Å². The average Bonchev–Trinajstić information content (AvgIpc) is 2.58. The van der Waals surface area contributed by atoms with Crippen LogP contribution in [0, 0.1) is 11.3 Å². The molecule has 0 fully saturated rings. The Kier molecular flexibility index (Phi) is 10.8. The van der Waals surface area contributed by atoms with Gasteiger partial charge in [-0.05, 0) is 12.5 Å². The summed E-state index contributed by atoms with van der Waals surface area (Å²) in [6.07, 6.45) is 21.5. The molecule has 0 aromatic carbocycles. The van der Waals surface area contributed by atoms with Crippen LogP contribution in [0.15, 0.2) is 24.0 Å². The number of hydrogen-bond donors (Lipinski definition) is 0. The molecule has 0 spiro atoms. The van der Waals surface area contributed by atoms with Crippen molar-refractivity contribution in [2.75, 3.05) is 13.0 Å². The van der Waals surface area contributed by atoms with Gasteiger partial charge in [-0.25, -0.2) is 0 Å². The molecule has 23 heavy (non-hydrogen) atoms. The van der Waals surface area contributed by atoms with Crippen LogP contribution in [0.4, 0.5) is 0 Å². The molecule has 134 valence electrons. The smallest absolute Gasteiger partial charge is 0.0992 e. The first-order valence-corrected chi connectivity index (χ1v) is 10.2. The summed E-state index contributed by atoms with van der Waals surface area (Å²) < 4.78 is 5.51. The third-order valence-electron chi connectivity index (χ3n) is 5.46. The summed E-state index contributed by atoms with van der Waals surface area (Å²) >= 11 is 6.34. The van der Waals surface area contributed by atoms with E-state index in [9.17, 15) is 0 Å². The van der Waals surface area contributed by atoms with E-state index in [0.29, 0.717) is 11.8 Å². The maximum absolute atomic E-state index is 6.34. The lowest BCUT2D eigenvalue weighted by Crippen LogP contribution is -2.32. The van der Waals surface area contributed by atoms with Gasteiger partial charge in [-0.2, -0.15) is 0 Å². The van der Waals surface area contributed by atoms with E-state index in [-0.39, 0.29) is 5.41 Å². The minimum absolute atomic E-state index is 0.0851. The number of methoxy groups -OCH3 is 1. The van der Waals surface area contributed by atoms with E-state index in [0.717, 1.165) is 5.76 Å². The molecule has 2 atom stereocenters. The van der Waals surface area contributed by atoms with Crippen molar-refractivity contribution in [2.24, 2.45) is 11.3 Å². The summed E-state index contributed by atoms with van der Waals surface area (Å²) in [5.41, 5.74) is 0.0851. The van der Waals surface area contributed by atoms with Crippen molar-refractivity contribution in [1.82, 2.24) is 0 Å². The van der Waals surface area contributed by atoms with Crippen molar-refractivity contribution in [3.8, 4) is 0 Å². The van der Waals surface area contributed by atoms with Crippen molar-refractivity contribution in [2.45, 2.75) is 84.5 Å². The highest BCUT2D eigenvalue weighted by Gasteiger charge is 2.36. The number of alkyl halides is 1. The number of allylic oxidation sites excluding steroid dienone is 4. The summed E-state index contributed by atoms with van der Waals surface area (Å²) in [5.74, 6) is 2.14. The zero-order valence-electron chi connectivity index (χ0n) is 15.6. The third-order valence-corrected chi connectivity index (χ3v) is 5.96. The minimum atomic E-state index is 0.0851. The van der Waals surface area contributed by atoms with Gasteiger partial charge in [0.15, 0.2) is 0 Å². The van der Waals surface area contributed by atoms with E-state index in [4.69, 9.17) is 16.3 Å². The molecule has 2 unspecified atom stereocenters. The molecule has 0 saturated carbocycles. The van der Waals surface area contributed by atoms with Crippen molar-refractivity contribution in [1.29, 1.82) is 0 Å². The first kappa shape index (κ1) is 20.6. The second-order valence-corrected chi connectivity index (χ2v) is 7.42. The Hall–Kier alpha value is -0.430. The molecule has 0 saturated heterocycles. The maximum Gasteiger partial charge on any atom is 0.0992 e. The van der Waals surface area contributed by atoms with Crippen molar-refractivity contribution >= 4 is 11.6 Å². The van der Waals surface area contributed by atoms with E-state index >= 15 is 0 Å². The molecule has 0 N–H and O–H groups in total. The Bertz CT molecular complexity index is 361. The molecule has 0 aromatic heterocycles.